The molecule has 0 amide bonds. The van der Waals surface area contributed by atoms with Crippen molar-refractivity contribution in [3.63, 3.8) is 0 Å². The van der Waals surface area contributed by atoms with Crippen LogP contribution in [0.1, 0.15) is 40.2 Å². The second-order valence-corrected chi connectivity index (χ2v) is 21.0. The third-order valence-electron chi connectivity index (χ3n) is 6.27. The molecular weight excluding hydrogens is 380 g/mol. The van der Waals surface area contributed by atoms with Crippen LogP contribution in [0.5, 0.6) is 0 Å². The van der Waals surface area contributed by atoms with E-state index in [0.717, 1.165) is 6.23 Å². The summed E-state index contributed by atoms with van der Waals surface area (Å²) in [5.74, 6) is -0.623. The van der Waals surface area contributed by atoms with Gasteiger partial charge in [0, 0.05) is 6.23 Å². The fourth-order valence-corrected chi connectivity index (χ4v) is 9.33. The number of allylic oxidation sites excluding steroid dienone is 2. The standard InChI is InChI=1S/C23H40O3Si2/c1-18(21(22(24)25)27(6,7)8)15-19(2)28(9,23(3,4)5)17-26-16-20-13-11-10-12-14-20/h10-15,18,21H,16-17H2,1-9H3,(H,24,25)/b19-15+/t18-,21-,28-/m0/s1. The monoisotopic (exact) mass is 420 g/mol. The van der Waals surface area contributed by atoms with Gasteiger partial charge in [0.15, 0.2) is 0 Å². The Hall–Kier alpha value is -1.18. The molecule has 1 N–H and O–H groups in total. The Kier molecular flexibility index (Phi) is 8.48. The van der Waals surface area contributed by atoms with Gasteiger partial charge in [-0.05, 0) is 23.4 Å². The van der Waals surface area contributed by atoms with E-state index in [1.807, 2.05) is 18.2 Å². The number of aliphatic carboxylic acids is 1. The van der Waals surface area contributed by atoms with Crippen molar-refractivity contribution in [3.05, 3.63) is 47.2 Å². The first kappa shape index (κ1) is 24.9. The van der Waals surface area contributed by atoms with E-state index in [1.165, 1.54) is 10.8 Å². The number of hydrogen-bond donors (Lipinski definition) is 1. The first-order valence-corrected chi connectivity index (χ1v) is 16.5. The van der Waals surface area contributed by atoms with Gasteiger partial charge in [-0.2, -0.15) is 0 Å². The molecule has 0 aliphatic heterocycles. The Morgan fingerprint density at radius 2 is 1.68 bits per heavy atom. The summed E-state index contributed by atoms with van der Waals surface area (Å²) in [6.45, 7) is 20.6. The van der Waals surface area contributed by atoms with E-state index in [9.17, 15) is 9.90 Å². The molecule has 3 atom stereocenters. The van der Waals surface area contributed by atoms with E-state index in [-0.39, 0.29) is 16.5 Å². The molecule has 1 rings (SSSR count). The molecule has 1 aromatic carbocycles. The van der Waals surface area contributed by atoms with Crippen LogP contribution >= 0.6 is 0 Å². The van der Waals surface area contributed by atoms with Gasteiger partial charge < -0.3 is 9.84 Å². The zero-order valence-corrected chi connectivity index (χ0v) is 21.3. The first-order chi connectivity index (χ1) is 12.7. The highest BCUT2D eigenvalue weighted by Crippen LogP contribution is 2.42. The zero-order valence-electron chi connectivity index (χ0n) is 19.3. The largest absolute Gasteiger partial charge is 0.481 e. The molecular formula is C23H40O3Si2. The van der Waals surface area contributed by atoms with Gasteiger partial charge in [-0.1, -0.05) is 95.5 Å². The van der Waals surface area contributed by atoms with E-state index < -0.39 is 22.1 Å². The van der Waals surface area contributed by atoms with Crippen molar-refractivity contribution < 1.29 is 14.6 Å². The quantitative estimate of drug-likeness (QED) is 0.462. The van der Waals surface area contributed by atoms with Crippen LogP contribution in [0.15, 0.2) is 41.6 Å². The van der Waals surface area contributed by atoms with E-state index in [0.29, 0.717) is 6.61 Å². The van der Waals surface area contributed by atoms with Crippen LogP contribution in [0.25, 0.3) is 0 Å². The van der Waals surface area contributed by atoms with Crippen molar-refractivity contribution in [2.24, 2.45) is 5.92 Å². The Balaban J connectivity index is 3.07. The van der Waals surface area contributed by atoms with E-state index in [1.54, 1.807) is 0 Å². The van der Waals surface area contributed by atoms with Crippen LogP contribution in [0.3, 0.4) is 0 Å². The number of hydrogen-bond acceptors (Lipinski definition) is 2. The highest BCUT2D eigenvalue weighted by molar-refractivity contribution is 6.87. The molecule has 0 saturated carbocycles. The predicted molar refractivity (Wildman–Crippen MR) is 125 cm³/mol. The summed E-state index contributed by atoms with van der Waals surface area (Å²) < 4.78 is 6.20. The lowest BCUT2D eigenvalue weighted by Gasteiger charge is -2.41. The number of carboxylic acids is 1. The summed E-state index contributed by atoms with van der Waals surface area (Å²) in [6.07, 6.45) is 2.99. The molecule has 0 aliphatic rings. The zero-order chi connectivity index (χ0) is 21.8. The molecule has 28 heavy (non-hydrogen) atoms. The molecule has 158 valence electrons. The van der Waals surface area contributed by atoms with Crippen LogP contribution in [0, 0.1) is 5.92 Å². The van der Waals surface area contributed by atoms with Crippen molar-refractivity contribution in [2.75, 3.05) is 6.23 Å². The van der Waals surface area contributed by atoms with Gasteiger partial charge in [-0.15, -0.1) is 0 Å². The lowest BCUT2D eigenvalue weighted by atomic mass is 10.1. The molecule has 0 radical (unpaired) electrons. The maximum Gasteiger partial charge on any atom is 0.304 e. The minimum absolute atomic E-state index is 0.0347. The van der Waals surface area contributed by atoms with Gasteiger partial charge in [0.05, 0.1) is 20.2 Å². The number of rotatable bonds is 9. The van der Waals surface area contributed by atoms with Crippen molar-refractivity contribution in [1.29, 1.82) is 0 Å². The van der Waals surface area contributed by atoms with Crippen molar-refractivity contribution >= 4 is 22.1 Å². The van der Waals surface area contributed by atoms with E-state index in [2.05, 4.69) is 79.0 Å². The molecule has 1 aromatic rings. The summed E-state index contributed by atoms with van der Waals surface area (Å²) >= 11 is 0. The van der Waals surface area contributed by atoms with Crippen LogP contribution in [0.2, 0.25) is 36.8 Å². The van der Waals surface area contributed by atoms with Crippen LogP contribution < -0.4 is 0 Å². The van der Waals surface area contributed by atoms with Gasteiger partial charge in [-0.25, -0.2) is 0 Å². The highest BCUT2D eigenvalue weighted by atomic mass is 28.3. The molecule has 0 unspecified atom stereocenters. The first-order valence-electron chi connectivity index (χ1n) is 10.2. The van der Waals surface area contributed by atoms with Crippen LogP contribution in [-0.2, 0) is 16.1 Å². The number of carbonyl (C=O) groups is 1. The minimum atomic E-state index is -1.95. The van der Waals surface area contributed by atoms with Crippen LogP contribution in [-0.4, -0.2) is 33.5 Å². The number of carboxylic acid groups (broad SMARTS) is 1. The molecule has 0 bridgehead atoms. The number of benzene rings is 1. The van der Waals surface area contributed by atoms with Gasteiger partial charge in [-0.3, -0.25) is 4.79 Å². The molecule has 0 aromatic heterocycles. The summed E-state index contributed by atoms with van der Waals surface area (Å²) in [5, 5.41) is 11.3. The summed E-state index contributed by atoms with van der Waals surface area (Å²) in [5.41, 5.74) is 0.915. The van der Waals surface area contributed by atoms with Gasteiger partial charge in [0.25, 0.3) is 0 Å². The van der Waals surface area contributed by atoms with E-state index >= 15 is 0 Å². The third-order valence-corrected chi connectivity index (χ3v) is 14.9. The fourth-order valence-electron chi connectivity index (χ4n) is 3.93. The SMILES string of the molecule is C/C(=C\[C@H](C)[C@@H](C(=O)O)[Si](C)(C)C)[Si@](C)(COCc1ccccc1)C(C)(C)C. The van der Waals surface area contributed by atoms with Gasteiger partial charge >= 0.3 is 5.97 Å². The van der Waals surface area contributed by atoms with Crippen LogP contribution in [0.4, 0.5) is 0 Å². The molecule has 0 spiro atoms. The maximum atomic E-state index is 11.9. The Morgan fingerprint density at radius 3 is 2.11 bits per heavy atom. The number of ether oxygens (including phenoxy) is 1. The van der Waals surface area contributed by atoms with Gasteiger partial charge in [0.2, 0.25) is 0 Å². The Morgan fingerprint density at radius 1 is 1.14 bits per heavy atom. The van der Waals surface area contributed by atoms with Crippen molar-refractivity contribution in [2.45, 2.75) is 78.0 Å². The second-order valence-electron chi connectivity index (χ2n) is 10.5. The Labute approximate surface area is 174 Å². The summed E-state index contributed by atoms with van der Waals surface area (Å²) in [4.78, 5) is 11.9. The van der Waals surface area contributed by atoms with E-state index in [4.69, 9.17) is 4.74 Å². The second kappa shape index (κ2) is 9.55. The highest BCUT2D eigenvalue weighted by Gasteiger charge is 2.43. The predicted octanol–water partition coefficient (Wildman–Crippen LogP) is 6.54. The van der Waals surface area contributed by atoms with Gasteiger partial charge in [0.1, 0.15) is 8.07 Å². The molecule has 0 fully saturated rings. The average molecular weight is 421 g/mol. The third kappa shape index (κ3) is 6.43. The van der Waals surface area contributed by atoms with Crippen molar-refractivity contribution in [3.8, 4) is 0 Å². The average Bonchev–Trinajstić information content (AvgIpc) is 2.52. The fraction of sp³-hybridized carbons (Fsp3) is 0.609. The lowest BCUT2D eigenvalue weighted by molar-refractivity contribution is -0.137. The molecule has 0 aliphatic carbocycles. The topological polar surface area (TPSA) is 46.5 Å². The summed E-state index contributed by atoms with van der Waals surface area (Å²) in [7, 11) is -3.76. The maximum absolute atomic E-state index is 11.9. The van der Waals surface area contributed by atoms with Crippen molar-refractivity contribution in [1.82, 2.24) is 0 Å². The Bertz CT molecular complexity index is 671. The smallest absolute Gasteiger partial charge is 0.304 e. The summed E-state index contributed by atoms with van der Waals surface area (Å²) in [6, 6.07) is 10.3. The minimum Gasteiger partial charge on any atom is -0.481 e. The normalized spacial score (nSPS) is 17.7. The molecule has 3 nitrogen and oxygen atoms in total. The lowest BCUT2D eigenvalue weighted by Crippen LogP contribution is -2.48. The molecule has 5 heteroatoms. The molecule has 0 saturated heterocycles. The molecule has 0 heterocycles.